The van der Waals surface area contributed by atoms with Crippen molar-refractivity contribution in [1.82, 2.24) is 14.6 Å². The number of imidazole rings is 1. The number of carbonyl (C=O) groups is 1. The van der Waals surface area contributed by atoms with Crippen LogP contribution in [0.1, 0.15) is 10.5 Å². The summed E-state index contributed by atoms with van der Waals surface area (Å²) in [6.45, 7) is 0. The third-order valence-corrected chi connectivity index (χ3v) is 4.52. The number of fused-ring (bicyclic) bond motifs is 1. The molecule has 0 aliphatic heterocycles. The molecule has 0 saturated carbocycles. The smallest absolute Gasteiger partial charge is 0.276 e. The number of hydrogen-bond donors (Lipinski definition) is 2. The number of phenols is 1. The first-order valence-corrected chi connectivity index (χ1v) is 7.71. The molecule has 0 unspecified atom stereocenters. The fourth-order valence-electron chi connectivity index (χ4n) is 1.68. The number of amides is 1. The minimum absolute atomic E-state index is 0.0182. The number of para-hydroxylation sites is 2. The van der Waals surface area contributed by atoms with Crippen molar-refractivity contribution < 1.29 is 9.90 Å². The molecule has 1 aromatic carbocycles. The molecule has 2 heterocycles. The molecule has 0 atom stereocenters. The number of nitrogens with zero attached hydrogens (tertiary/aromatic N) is 3. The fraction of sp³-hybridized carbons (Fsp3) is 0.0833. The Labute approximate surface area is 122 Å². The van der Waals surface area contributed by atoms with Gasteiger partial charge in [0.25, 0.3) is 5.91 Å². The minimum Gasteiger partial charge on any atom is -0.506 e. The van der Waals surface area contributed by atoms with Crippen molar-refractivity contribution in [2.45, 2.75) is 4.34 Å². The van der Waals surface area contributed by atoms with Crippen LogP contribution < -0.4 is 5.32 Å². The number of benzene rings is 1. The molecule has 0 spiro atoms. The summed E-state index contributed by atoms with van der Waals surface area (Å²) in [7, 11) is 0. The highest BCUT2D eigenvalue weighted by Gasteiger charge is 2.16. The molecule has 0 bridgehead atoms. The first kappa shape index (κ1) is 12.9. The Morgan fingerprint density at radius 2 is 2.25 bits per heavy atom. The maximum absolute atomic E-state index is 12.2. The maximum Gasteiger partial charge on any atom is 0.276 e. The largest absolute Gasteiger partial charge is 0.506 e. The van der Waals surface area contributed by atoms with Gasteiger partial charge in [0, 0.05) is 0 Å². The number of thioether (sulfide) groups is 1. The molecular formula is C12H10N4O2S2. The van der Waals surface area contributed by atoms with Gasteiger partial charge < -0.3 is 10.4 Å². The number of nitrogens with one attached hydrogen (secondary N) is 1. The van der Waals surface area contributed by atoms with Crippen molar-refractivity contribution in [3.05, 3.63) is 36.2 Å². The van der Waals surface area contributed by atoms with E-state index in [1.54, 1.807) is 18.2 Å². The number of rotatable bonds is 3. The molecule has 102 valence electrons. The van der Waals surface area contributed by atoms with Crippen LogP contribution in [-0.4, -0.2) is 31.9 Å². The van der Waals surface area contributed by atoms with Gasteiger partial charge in [-0.25, -0.2) is 4.98 Å². The molecule has 8 heteroatoms. The zero-order chi connectivity index (χ0) is 14.1. The minimum atomic E-state index is -0.364. The molecule has 0 fully saturated rings. The molecule has 2 N–H and O–H groups in total. The Morgan fingerprint density at radius 3 is 3.00 bits per heavy atom. The maximum atomic E-state index is 12.2. The highest BCUT2D eigenvalue weighted by atomic mass is 32.2. The van der Waals surface area contributed by atoms with E-state index in [4.69, 9.17) is 0 Å². The number of aromatic hydroxyl groups is 1. The molecule has 1 amide bonds. The lowest BCUT2D eigenvalue weighted by molar-refractivity contribution is 0.102. The number of hydrogen-bond acceptors (Lipinski definition) is 6. The summed E-state index contributed by atoms with van der Waals surface area (Å²) in [6, 6.07) is 6.55. The van der Waals surface area contributed by atoms with Gasteiger partial charge in [-0.15, -0.1) is 5.10 Å². The Hall–Kier alpha value is -2.06. The van der Waals surface area contributed by atoms with Crippen LogP contribution in [-0.2, 0) is 0 Å². The average Bonchev–Trinajstić information content (AvgIpc) is 3.00. The van der Waals surface area contributed by atoms with Crippen molar-refractivity contribution in [1.29, 1.82) is 0 Å². The lowest BCUT2D eigenvalue weighted by Gasteiger charge is -2.05. The summed E-state index contributed by atoms with van der Waals surface area (Å²) >= 11 is 2.92. The zero-order valence-corrected chi connectivity index (χ0v) is 12.0. The summed E-state index contributed by atoms with van der Waals surface area (Å²) in [5, 5.41) is 16.6. The van der Waals surface area contributed by atoms with E-state index in [1.807, 2.05) is 6.26 Å². The normalized spacial score (nSPS) is 10.8. The van der Waals surface area contributed by atoms with Crippen LogP contribution in [0.5, 0.6) is 5.75 Å². The van der Waals surface area contributed by atoms with Crippen LogP contribution in [0.4, 0.5) is 5.69 Å². The van der Waals surface area contributed by atoms with Crippen molar-refractivity contribution >= 4 is 39.7 Å². The van der Waals surface area contributed by atoms with E-state index >= 15 is 0 Å². The molecule has 0 radical (unpaired) electrons. The van der Waals surface area contributed by atoms with E-state index in [1.165, 1.54) is 39.9 Å². The third kappa shape index (κ3) is 2.23. The van der Waals surface area contributed by atoms with E-state index in [0.717, 1.165) is 4.34 Å². The summed E-state index contributed by atoms with van der Waals surface area (Å²) in [5.41, 5.74) is 0.688. The van der Waals surface area contributed by atoms with E-state index in [0.29, 0.717) is 16.3 Å². The summed E-state index contributed by atoms with van der Waals surface area (Å²) in [5.74, 6) is -0.346. The monoisotopic (exact) mass is 306 g/mol. The van der Waals surface area contributed by atoms with E-state index in [2.05, 4.69) is 15.4 Å². The second-order valence-corrected chi connectivity index (χ2v) is 5.89. The molecule has 3 rings (SSSR count). The first-order valence-electron chi connectivity index (χ1n) is 5.67. The van der Waals surface area contributed by atoms with Crippen LogP contribution in [0.15, 0.2) is 34.8 Å². The van der Waals surface area contributed by atoms with Gasteiger partial charge in [0.15, 0.2) is 10.0 Å². The zero-order valence-electron chi connectivity index (χ0n) is 10.4. The molecule has 0 aliphatic carbocycles. The molecule has 0 aliphatic rings. The summed E-state index contributed by atoms with van der Waals surface area (Å²) < 4.78 is 2.34. The Bertz CT molecular complexity index is 781. The van der Waals surface area contributed by atoms with E-state index < -0.39 is 0 Å². The molecule has 6 nitrogen and oxygen atoms in total. The van der Waals surface area contributed by atoms with Gasteiger partial charge >= 0.3 is 0 Å². The topological polar surface area (TPSA) is 79.5 Å². The Morgan fingerprint density at radius 1 is 1.45 bits per heavy atom. The molecule has 0 saturated heterocycles. The number of aromatic nitrogens is 3. The van der Waals surface area contributed by atoms with Crippen molar-refractivity contribution in [3.8, 4) is 5.75 Å². The highest BCUT2D eigenvalue weighted by molar-refractivity contribution is 8.00. The van der Waals surface area contributed by atoms with E-state index in [9.17, 15) is 9.90 Å². The third-order valence-electron chi connectivity index (χ3n) is 2.63. The Kier molecular flexibility index (Phi) is 3.33. The first-order chi connectivity index (χ1) is 9.69. The van der Waals surface area contributed by atoms with Gasteiger partial charge in [-0.3, -0.25) is 4.79 Å². The lowest BCUT2D eigenvalue weighted by Crippen LogP contribution is -2.14. The van der Waals surface area contributed by atoms with E-state index in [-0.39, 0.29) is 11.7 Å². The number of phenolic OH excluding ortho intramolecular Hbond substituents is 1. The summed E-state index contributed by atoms with van der Waals surface area (Å²) in [6.07, 6.45) is 3.39. The number of carbonyl (C=O) groups excluding carboxylic acids is 1. The quantitative estimate of drug-likeness (QED) is 0.574. The van der Waals surface area contributed by atoms with Crippen LogP contribution in [0.25, 0.3) is 4.96 Å². The number of anilines is 1. The molecule has 2 aromatic heterocycles. The molecular weight excluding hydrogens is 296 g/mol. The van der Waals surface area contributed by atoms with Gasteiger partial charge in [-0.05, 0) is 18.4 Å². The predicted molar refractivity (Wildman–Crippen MR) is 78.7 cm³/mol. The van der Waals surface area contributed by atoms with Crippen LogP contribution in [0.3, 0.4) is 0 Å². The van der Waals surface area contributed by atoms with Gasteiger partial charge in [0.2, 0.25) is 4.96 Å². The fourth-order valence-corrected chi connectivity index (χ4v) is 3.01. The van der Waals surface area contributed by atoms with Crippen LogP contribution in [0, 0.1) is 0 Å². The molecule has 20 heavy (non-hydrogen) atoms. The SMILES string of the molecule is CSc1nn2c(C(=O)Nc3ccccc3O)cnc2s1. The standard InChI is InChI=1S/C12H10N4O2S2/c1-19-12-15-16-8(6-13-11(16)20-12)10(18)14-7-4-2-3-5-9(7)17/h2-6,17H,1H3,(H,14,18). The van der Waals surface area contributed by atoms with Gasteiger partial charge in [0.05, 0.1) is 11.9 Å². The molecule has 3 aromatic rings. The van der Waals surface area contributed by atoms with Crippen molar-refractivity contribution in [3.63, 3.8) is 0 Å². The average molecular weight is 306 g/mol. The Balaban J connectivity index is 1.92. The van der Waals surface area contributed by atoms with Crippen LogP contribution >= 0.6 is 23.1 Å². The van der Waals surface area contributed by atoms with Crippen molar-refractivity contribution in [2.24, 2.45) is 0 Å². The van der Waals surface area contributed by atoms with Crippen LogP contribution in [0.2, 0.25) is 0 Å². The second-order valence-electron chi connectivity index (χ2n) is 3.88. The van der Waals surface area contributed by atoms with Crippen molar-refractivity contribution in [2.75, 3.05) is 11.6 Å². The second kappa shape index (κ2) is 5.14. The lowest BCUT2D eigenvalue weighted by atomic mass is 10.3. The van der Waals surface area contributed by atoms with Gasteiger partial charge in [-0.1, -0.05) is 35.2 Å². The summed E-state index contributed by atoms with van der Waals surface area (Å²) in [4.78, 5) is 17.0. The van der Waals surface area contributed by atoms with Gasteiger partial charge in [-0.2, -0.15) is 4.52 Å². The highest BCUT2D eigenvalue weighted by Crippen LogP contribution is 2.25. The van der Waals surface area contributed by atoms with Gasteiger partial charge in [0.1, 0.15) is 5.75 Å². The predicted octanol–water partition coefficient (Wildman–Crippen LogP) is 2.47.